The first-order chi connectivity index (χ1) is 10.6. The maximum absolute atomic E-state index is 11.3. The molecule has 120 valence electrons. The molecule has 0 spiro atoms. The minimum absolute atomic E-state index is 0.109. The fourth-order valence-electron chi connectivity index (χ4n) is 6.58. The van der Waals surface area contributed by atoms with E-state index >= 15 is 0 Å². The van der Waals surface area contributed by atoms with Crippen molar-refractivity contribution in [2.75, 3.05) is 0 Å². The Bertz CT molecular complexity index is 530. The topological polar surface area (TPSA) is 20.2 Å². The van der Waals surface area contributed by atoms with E-state index in [1.54, 1.807) is 5.57 Å². The van der Waals surface area contributed by atoms with Crippen LogP contribution in [0.2, 0.25) is 0 Å². The summed E-state index contributed by atoms with van der Waals surface area (Å²) < 4.78 is 0. The summed E-state index contributed by atoms with van der Waals surface area (Å²) in [5, 5.41) is 11.3. The number of hydrogen-bond donors (Lipinski definition) is 1. The molecule has 4 aliphatic carbocycles. The van der Waals surface area contributed by atoms with E-state index in [4.69, 9.17) is 0 Å². The average Bonchev–Trinajstić information content (AvgIpc) is 2.79. The molecule has 1 nitrogen and oxygen atoms in total. The largest absolute Gasteiger partial charge is 0.389 e. The molecular weight excluding hydrogens is 268 g/mol. The monoisotopic (exact) mass is 298 g/mol. The summed E-state index contributed by atoms with van der Waals surface area (Å²) in [7, 11) is 0. The van der Waals surface area contributed by atoms with Crippen LogP contribution in [0.4, 0.5) is 0 Å². The van der Waals surface area contributed by atoms with Gasteiger partial charge in [-0.05, 0) is 86.0 Å². The molecule has 0 saturated heterocycles. The van der Waals surface area contributed by atoms with E-state index in [-0.39, 0.29) is 5.41 Å². The third kappa shape index (κ3) is 1.87. The molecule has 4 rings (SSSR count). The van der Waals surface area contributed by atoms with Crippen molar-refractivity contribution in [1.29, 1.82) is 0 Å². The van der Waals surface area contributed by atoms with Crippen molar-refractivity contribution < 1.29 is 5.11 Å². The second kappa shape index (κ2) is 5.09. The minimum atomic E-state index is -0.499. The van der Waals surface area contributed by atoms with Crippen LogP contribution in [0.3, 0.4) is 0 Å². The second-order valence-corrected chi connectivity index (χ2v) is 8.48. The van der Waals surface area contributed by atoms with Crippen molar-refractivity contribution in [3.8, 4) is 0 Å². The molecule has 22 heavy (non-hydrogen) atoms. The highest BCUT2D eigenvalue weighted by Gasteiger charge is 2.61. The lowest BCUT2D eigenvalue weighted by Crippen LogP contribution is -2.52. The van der Waals surface area contributed by atoms with Gasteiger partial charge in [0.25, 0.3) is 0 Å². The Morgan fingerprint density at radius 3 is 2.95 bits per heavy atom. The van der Waals surface area contributed by atoms with E-state index in [2.05, 4.69) is 31.7 Å². The number of hydrogen-bond acceptors (Lipinski definition) is 1. The van der Waals surface area contributed by atoms with E-state index in [9.17, 15) is 5.11 Å². The highest BCUT2D eigenvalue weighted by molar-refractivity contribution is 5.29. The Labute approximate surface area is 135 Å². The second-order valence-electron chi connectivity index (χ2n) is 8.48. The summed E-state index contributed by atoms with van der Waals surface area (Å²) in [6.45, 7) is 6.28. The Morgan fingerprint density at radius 2 is 2.14 bits per heavy atom. The molecule has 1 heteroatoms. The van der Waals surface area contributed by atoms with E-state index in [1.807, 2.05) is 6.08 Å². The molecular formula is C21H30O. The van der Waals surface area contributed by atoms with Crippen LogP contribution in [0.25, 0.3) is 0 Å². The van der Waals surface area contributed by atoms with Gasteiger partial charge >= 0.3 is 0 Å². The van der Waals surface area contributed by atoms with Gasteiger partial charge < -0.3 is 5.11 Å². The molecule has 0 heterocycles. The van der Waals surface area contributed by atoms with E-state index < -0.39 is 5.60 Å². The van der Waals surface area contributed by atoms with Crippen LogP contribution < -0.4 is 0 Å². The van der Waals surface area contributed by atoms with Crippen LogP contribution in [0.15, 0.2) is 36.5 Å². The van der Waals surface area contributed by atoms with Crippen LogP contribution >= 0.6 is 0 Å². The Kier molecular flexibility index (Phi) is 3.41. The third-order valence-electron chi connectivity index (χ3n) is 7.82. The number of aliphatic hydroxyl groups is 1. The molecule has 0 radical (unpaired) electrons. The first-order valence-corrected chi connectivity index (χ1v) is 9.29. The van der Waals surface area contributed by atoms with Gasteiger partial charge in [0.15, 0.2) is 0 Å². The Morgan fingerprint density at radius 1 is 1.27 bits per heavy atom. The highest BCUT2D eigenvalue weighted by atomic mass is 16.3. The molecule has 2 saturated carbocycles. The van der Waals surface area contributed by atoms with Crippen LogP contribution in [0, 0.1) is 29.1 Å². The molecule has 1 N–H and O–H groups in total. The highest BCUT2D eigenvalue weighted by Crippen LogP contribution is 2.64. The van der Waals surface area contributed by atoms with Crippen LogP contribution in [-0.4, -0.2) is 10.7 Å². The maximum Gasteiger partial charge on any atom is 0.0738 e. The lowest BCUT2D eigenvalue weighted by Gasteiger charge is -2.54. The van der Waals surface area contributed by atoms with Gasteiger partial charge in [0.2, 0.25) is 0 Å². The predicted octanol–water partition coefficient (Wildman–Crippen LogP) is 5.03. The Balaban J connectivity index is 1.65. The van der Waals surface area contributed by atoms with Gasteiger partial charge in [-0.1, -0.05) is 31.2 Å². The Hall–Kier alpha value is -0.820. The third-order valence-corrected chi connectivity index (χ3v) is 7.82. The van der Waals surface area contributed by atoms with Gasteiger partial charge in [0.05, 0.1) is 5.60 Å². The van der Waals surface area contributed by atoms with E-state index in [0.29, 0.717) is 5.92 Å². The van der Waals surface area contributed by atoms with Gasteiger partial charge in [0.1, 0.15) is 0 Å². The quantitative estimate of drug-likeness (QED) is 0.709. The minimum Gasteiger partial charge on any atom is -0.389 e. The summed E-state index contributed by atoms with van der Waals surface area (Å²) in [5.74, 6) is 3.19. The van der Waals surface area contributed by atoms with Crippen molar-refractivity contribution in [1.82, 2.24) is 0 Å². The molecule has 0 aromatic carbocycles. The fraction of sp³-hybridized carbons (Fsp3) is 0.714. The molecule has 0 bridgehead atoms. The first kappa shape index (κ1) is 14.8. The van der Waals surface area contributed by atoms with Gasteiger partial charge in [0, 0.05) is 0 Å². The molecule has 2 fully saturated rings. The summed E-state index contributed by atoms with van der Waals surface area (Å²) >= 11 is 0. The summed E-state index contributed by atoms with van der Waals surface area (Å²) in [6.07, 6.45) is 18.5. The van der Waals surface area contributed by atoms with E-state index in [1.165, 1.54) is 38.5 Å². The smallest absolute Gasteiger partial charge is 0.0738 e. The van der Waals surface area contributed by atoms with Crippen molar-refractivity contribution in [3.05, 3.63) is 36.5 Å². The van der Waals surface area contributed by atoms with Crippen molar-refractivity contribution >= 4 is 0 Å². The normalized spacial score (nSPS) is 49.8. The van der Waals surface area contributed by atoms with Crippen LogP contribution in [0.5, 0.6) is 0 Å². The molecule has 0 aromatic rings. The average molecular weight is 298 g/mol. The van der Waals surface area contributed by atoms with E-state index in [0.717, 1.165) is 30.6 Å². The number of rotatable bonds is 2. The molecule has 0 amide bonds. The van der Waals surface area contributed by atoms with Crippen molar-refractivity contribution in [2.24, 2.45) is 29.1 Å². The van der Waals surface area contributed by atoms with Crippen LogP contribution in [0.1, 0.15) is 58.3 Å². The molecule has 0 aliphatic heterocycles. The zero-order chi connectivity index (χ0) is 15.4. The number of fused-ring (bicyclic) bond motifs is 5. The van der Waals surface area contributed by atoms with Gasteiger partial charge in [-0.25, -0.2) is 0 Å². The standard InChI is InChI=1S/C21H30O/c1-3-12-21(22)14-11-19-18-9-8-15-6-4-5-7-16(15)17(18)10-13-20(19,21)2/h3-4,6,8,16-19,22H,1,5,7,9-14H2,2H3/t16-,17+,18+,19-,20-,21-/m0/s1. The summed E-state index contributed by atoms with van der Waals surface area (Å²) in [4.78, 5) is 0. The molecule has 0 unspecified atom stereocenters. The maximum atomic E-state index is 11.3. The summed E-state index contributed by atoms with van der Waals surface area (Å²) in [6, 6.07) is 0. The number of allylic oxidation sites excluding steroid dienone is 4. The zero-order valence-electron chi connectivity index (χ0n) is 13.9. The van der Waals surface area contributed by atoms with Crippen molar-refractivity contribution in [2.45, 2.75) is 63.9 Å². The fourth-order valence-corrected chi connectivity index (χ4v) is 6.58. The van der Waals surface area contributed by atoms with Gasteiger partial charge in [-0.2, -0.15) is 0 Å². The van der Waals surface area contributed by atoms with Crippen molar-refractivity contribution in [3.63, 3.8) is 0 Å². The molecule has 0 aromatic heterocycles. The lowest BCUT2D eigenvalue weighted by molar-refractivity contribution is -0.111. The predicted molar refractivity (Wildman–Crippen MR) is 91.4 cm³/mol. The van der Waals surface area contributed by atoms with Gasteiger partial charge in [-0.15, -0.1) is 6.58 Å². The lowest BCUT2D eigenvalue weighted by atomic mass is 9.51. The zero-order valence-corrected chi connectivity index (χ0v) is 13.9. The first-order valence-electron chi connectivity index (χ1n) is 9.29. The van der Waals surface area contributed by atoms with Crippen LogP contribution in [-0.2, 0) is 0 Å². The SMILES string of the molecule is C=CC[C@]1(O)CC[C@H]2[C@@H]3CC=C4C=CCC[C@@H]4[C@H]3CC[C@@]21C. The van der Waals surface area contributed by atoms with Gasteiger partial charge in [-0.3, -0.25) is 0 Å². The summed E-state index contributed by atoms with van der Waals surface area (Å²) in [5.41, 5.74) is 1.23. The molecule has 4 aliphatic rings. The molecule has 6 atom stereocenters.